The second kappa shape index (κ2) is 7.75. The highest BCUT2D eigenvalue weighted by atomic mass is 79.9. The van der Waals surface area contributed by atoms with Gasteiger partial charge in [0.05, 0.1) is 11.6 Å². The number of nitrogens with one attached hydrogen (secondary N) is 2. The van der Waals surface area contributed by atoms with Crippen LogP contribution in [-0.2, 0) is 0 Å². The van der Waals surface area contributed by atoms with E-state index in [4.69, 9.17) is 17.0 Å². The van der Waals surface area contributed by atoms with Crippen molar-refractivity contribution in [1.29, 1.82) is 0 Å². The Balaban J connectivity index is 1.91. The smallest absolute Gasteiger partial charge is 0.257 e. The Morgan fingerprint density at radius 1 is 1.33 bits per heavy atom. The van der Waals surface area contributed by atoms with Crippen molar-refractivity contribution < 1.29 is 9.53 Å². The lowest BCUT2D eigenvalue weighted by atomic mass is 9.96. The van der Waals surface area contributed by atoms with Gasteiger partial charge in [-0.3, -0.25) is 10.1 Å². The lowest BCUT2D eigenvalue weighted by Crippen LogP contribution is -2.45. The predicted octanol–water partition coefficient (Wildman–Crippen LogP) is 3.39. The summed E-state index contributed by atoms with van der Waals surface area (Å²) < 4.78 is 5.88. The standard InChI is InChI=1S/C15H19BrN2O2S/c1-20-13-8-7-10(9-12(13)16)14(19)18-15(21)17-11-5-3-2-4-6-11/h7-9,11H,2-6H2,1H3,(H2,17,18,19,21). The molecule has 0 spiro atoms. The highest BCUT2D eigenvalue weighted by Gasteiger charge is 2.16. The zero-order valence-corrected chi connectivity index (χ0v) is 14.4. The van der Waals surface area contributed by atoms with Gasteiger partial charge in [0, 0.05) is 11.6 Å². The van der Waals surface area contributed by atoms with E-state index in [1.54, 1.807) is 25.3 Å². The van der Waals surface area contributed by atoms with Gasteiger partial charge in [-0.05, 0) is 59.2 Å². The van der Waals surface area contributed by atoms with E-state index in [9.17, 15) is 4.79 Å². The van der Waals surface area contributed by atoms with Gasteiger partial charge < -0.3 is 10.1 Å². The van der Waals surface area contributed by atoms with E-state index in [0.29, 0.717) is 22.5 Å². The van der Waals surface area contributed by atoms with Crippen LogP contribution in [0.15, 0.2) is 22.7 Å². The molecule has 0 aromatic heterocycles. The fourth-order valence-electron chi connectivity index (χ4n) is 2.45. The summed E-state index contributed by atoms with van der Waals surface area (Å²) in [5.41, 5.74) is 0.537. The number of hydrogen-bond donors (Lipinski definition) is 2. The highest BCUT2D eigenvalue weighted by Crippen LogP contribution is 2.25. The molecule has 4 nitrogen and oxygen atoms in total. The van der Waals surface area contributed by atoms with E-state index in [1.165, 1.54) is 19.3 Å². The second-order valence-electron chi connectivity index (χ2n) is 5.11. The van der Waals surface area contributed by atoms with Crippen molar-refractivity contribution in [1.82, 2.24) is 10.6 Å². The number of amides is 1. The molecule has 0 atom stereocenters. The summed E-state index contributed by atoms with van der Waals surface area (Å²) in [5, 5.41) is 6.35. The van der Waals surface area contributed by atoms with E-state index in [1.807, 2.05) is 0 Å². The van der Waals surface area contributed by atoms with Gasteiger partial charge in [0.1, 0.15) is 5.75 Å². The maximum atomic E-state index is 12.1. The number of carbonyl (C=O) groups is 1. The van der Waals surface area contributed by atoms with Gasteiger partial charge in [0.25, 0.3) is 5.91 Å². The molecule has 0 bridgehead atoms. The maximum absolute atomic E-state index is 12.1. The van der Waals surface area contributed by atoms with Crippen molar-refractivity contribution in [2.75, 3.05) is 7.11 Å². The van der Waals surface area contributed by atoms with Crippen LogP contribution in [-0.4, -0.2) is 24.2 Å². The van der Waals surface area contributed by atoms with Crippen LogP contribution in [0.1, 0.15) is 42.5 Å². The Bertz CT molecular complexity index is 530. The first-order valence-corrected chi connectivity index (χ1v) is 8.25. The number of rotatable bonds is 3. The summed E-state index contributed by atoms with van der Waals surface area (Å²) in [6.45, 7) is 0. The number of methoxy groups -OCH3 is 1. The predicted molar refractivity (Wildman–Crippen MR) is 90.8 cm³/mol. The summed E-state index contributed by atoms with van der Waals surface area (Å²) in [6.07, 6.45) is 5.96. The minimum absolute atomic E-state index is 0.216. The van der Waals surface area contributed by atoms with Crippen LogP contribution in [0, 0.1) is 0 Å². The van der Waals surface area contributed by atoms with Crippen molar-refractivity contribution in [3.8, 4) is 5.75 Å². The molecule has 0 aliphatic heterocycles. The molecule has 0 heterocycles. The molecule has 1 fully saturated rings. The van der Waals surface area contributed by atoms with E-state index >= 15 is 0 Å². The normalized spacial score (nSPS) is 15.3. The molecule has 1 aromatic rings. The summed E-state index contributed by atoms with van der Waals surface area (Å²) in [5.74, 6) is 0.473. The molecule has 0 unspecified atom stereocenters. The van der Waals surface area contributed by atoms with Crippen LogP contribution in [0.25, 0.3) is 0 Å². The fourth-order valence-corrected chi connectivity index (χ4v) is 3.25. The van der Waals surface area contributed by atoms with Gasteiger partial charge >= 0.3 is 0 Å². The first-order chi connectivity index (χ1) is 10.1. The lowest BCUT2D eigenvalue weighted by molar-refractivity contribution is 0.0976. The van der Waals surface area contributed by atoms with Crippen LogP contribution in [0.5, 0.6) is 5.75 Å². The summed E-state index contributed by atoms with van der Waals surface area (Å²) in [6, 6.07) is 5.56. The van der Waals surface area contributed by atoms with E-state index in [2.05, 4.69) is 26.6 Å². The van der Waals surface area contributed by atoms with Crippen LogP contribution in [0.3, 0.4) is 0 Å². The van der Waals surface area contributed by atoms with E-state index < -0.39 is 0 Å². The van der Waals surface area contributed by atoms with Crippen LogP contribution in [0.2, 0.25) is 0 Å². The van der Waals surface area contributed by atoms with Crippen molar-refractivity contribution in [3.05, 3.63) is 28.2 Å². The van der Waals surface area contributed by atoms with Crippen LogP contribution >= 0.6 is 28.1 Å². The summed E-state index contributed by atoms with van der Waals surface area (Å²) in [4.78, 5) is 12.1. The molecule has 1 amide bonds. The number of hydrogen-bond acceptors (Lipinski definition) is 3. The molecule has 6 heteroatoms. The summed E-state index contributed by atoms with van der Waals surface area (Å²) >= 11 is 8.58. The third-order valence-corrected chi connectivity index (χ3v) is 4.42. The molecular weight excluding hydrogens is 352 g/mol. The van der Waals surface area contributed by atoms with E-state index in [-0.39, 0.29) is 5.91 Å². The zero-order chi connectivity index (χ0) is 15.2. The number of thiocarbonyl (C=S) groups is 1. The molecule has 1 aliphatic rings. The van der Waals surface area contributed by atoms with Crippen molar-refractivity contribution >= 4 is 39.2 Å². The Morgan fingerprint density at radius 2 is 2.05 bits per heavy atom. The first kappa shape index (κ1) is 16.2. The second-order valence-corrected chi connectivity index (χ2v) is 6.37. The van der Waals surface area contributed by atoms with Gasteiger partial charge in [-0.25, -0.2) is 0 Å². The van der Waals surface area contributed by atoms with Crippen LogP contribution in [0.4, 0.5) is 0 Å². The minimum atomic E-state index is -0.216. The Morgan fingerprint density at radius 3 is 2.67 bits per heavy atom. The quantitative estimate of drug-likeness (QED) is 0.800. The van der Waals surface area contributed by atoms with Crippen molar-refractivity contribution in [3.63, 3.8) is 0 Å². The van der Waals surface area contributed by atoms with Gasteiger partial charge in [-0.1, -0.05) is 19.3 Å². The third-order valence-electron chi connectivity index (χ3n) is 3.58. The third kappa shape index (κ3) is 4.68. The van der Waals surface area contributed by atoms with Gasteiger partial charge in [0.2, 0.25) is 0 Å². The topological polar surface area (TPSA) is 50.4 Å². The molecule has 0 radical (unpaired) electrons. The molecular formula is C15H19BrN2O2S. The van der Waals surface area contributed by atoms with Gasteiger partial charge in [-0.2, -0.15) is 0 Å². The Kier molecular flexibility index (Phi) is 5.99. The molecule has 1 aromatic carbocycles. The molecule has 1 aliphatic carbocycles. The van der Waals surface area contributed by atoms with Crippen molar-refractivity contribution in [2.24, 2.45) is 0 Å². The van der Waals surface area contributed by atoms with Crippen molar-refractivity contribution in [2.45, 2.75) is 38.1 Å². The molecule has 2 rings (SSSR count). The Hall–Kier alpha value is -1.14. The number of carbonyl (C=O) groups excluding carboxylic acids is 1. The zero-order valence-electron chi connectivity index (χ0n) is 11.9. The monoisotopic (exact) mass is 370 g/mol. The average molecular weight is 371 g/mol. The number of halogens is 1. The highest BCUT2D eigenvalue weighted by molar-refractivity contribution is 9.10. The molecule has 21 heavy (non-hydrogen) atoms. The molecule has 2 N–H and O–H groups in total. The largest absolute Gasteiger partial charge is 0.496 e. The Labute approximate surface area is 138 Å². The fraction of sp³-hybridized carbons (Fsp3) is 0.467. The lowest BCUT2D eigenvalue weighted by Gasteiger charge is -2.24. The first-order valence-electron chi connectivity index (χ1n) is 7.05. The molecule has 114 valence electrons. The van der Waals surface area contributed by atoms with Crippen LogP contribution < -0.4 is 15.4 Å². The van der Waals surface area contributed by atoms with Gasteiger partial charge in [0.15, 0.2) is 5.11 Å². The minimum Gasteiger partial charge on any atom is -0.496 e. The summed E-state index contributed by atoms with van der Waals surface area (Å²) in [7, 11) is 1.59. The SMILES string of the molecule is COc1ccc(C(=O)NC(=S)NC2CCCCC2)cc1Br. The van der Waals surface area contributed by atoms with Gasteiger partial charge in [-0.15, -0.1) is 0 Å². The van der Waals surface area contributed by atoms with E-state index in [0.717, 1.165) is 17.3 Å². The average Bonchev–Trinajstić information content (AvgIpc) is 2.48. The molecule has 1 saturated carbocycles. The maximum Gasteiger partial charge on any atom is 0.257 e. The molecule has 0 saturated heterocycles. The number of ether oxygens (including phenoxy) is 1. The number of benzene rings is 1.